The molecule has 11 nitrogen and oxygen atoms in total. The van der Waals surface area contributed by atoms with Gasteiger partial charge in [-0.2, -0.15) is 0 Å². The van der Waals surface area contributed by atoms with Crippen LogP contribution in [0.4, 0.5) is 0 Å². The smallest absolute Gasteiger partial charge is 0.245 e. The molecule has 2 aliphatic heterocycles. The molecule has 1 unspecified atom stereocenters. The van der Waals surface area contributed by atoms with Gasteiger partial charge in [-0.3, -0.25) is 24.2 Å². The van der Waals surface area contributed by atoms with Gasteiger partial charge >= 0.3 is 0 Å². The van der Waals surface area contributed by atoms with Gasteiger partial charge in [0, 0.05) is 33.6 Å². The number of likely N-dealkylation sites (N-methyl/N-ethyl adjacent to an activating group) is 1. The van der Waals surface area contributed by atoms with Crippen molar-refractivity contribution in [3.63, 3.8) is 0 Å². The molecule has 2 saturated heterocycles. The van der Waals surface area contributed by atoms with Crippen LogP contribution in [0.3, 0.4) is 0 Å². The van der Waals surface area contributed by atoms with Crippen molar-refractivity contribution in [2.75, 3.05) is 40.8 Å². The third-order valence-corrected chi connectivity index (χ3v) is 7.17. The molecule has 0 aromatic heterocycles. The number of fused-ring (bicyclic) bond motifs is 1. The van der Waals surface area contributed by atoms with Gasteiger partial charge in [0.1, 0.15) is 18.0 Å². The Kier molecular flexibility index (Phi) is 15.6. The molecule has 4 amide bonds. The van der Waals surface area contributed by atoms with Crippen molar-refractivity contribution >= 4 is 24.1 Å². The Bertz CT molecular complexity index is 1190. The second-order valence-corrected chi connectivity index (χ2v) is 10.5. The molecule has 2 aliphatic rings. The molecular formula is C33H48N6O5. The molecule has 2 N–H and O–H groups in total. The summed E-state index contributed by atoms with van der Waals surface area (Å²) in [6, 6.07) is 17.0. The standard InChI is InChI=1S/C20H27N5O4.C9H13NO.C4H8/c1-15(27)21-10-6-9-17-20(29)23(11-16-7-4-3-5-8-16)12-18-24(14-26)22(2)13-19(28)25(17)18;1-10-7-8-3-5-9(11-2)6-4-8;1-3-4-2/h3-5,7-8,14,17-18H,6,9-13H2,1-2H3,(H,21,27);3-6,10H,7H2,1-2H3;3H,1,4H2,2H3/t17-,18?;;/m0../s1. The highest BCUT2D eigenvalue weighted by Gasteiger charge is 2.48. The van der Waals surface area contributed by atoms with Gasteiger partial charge in [-0.05, 0) is 49.6 Å². The van der Waals surface area contributed by atoms with Crippen LogP contribution in [0, 0.1) is 0 Å². The average Bonchev–Trinajstić information content (AvgIpc) is 3.02. The number of nitrogens with zero attached hydrogens (tertiary/aromatic N) is 4. The number of rotatable bonds is 11. The lowest BCUT2D eigenvalue weighted by molar-refractivity contribution is -0.197. The molecule has 2 heterocycles. The maximum Gasteiger partial charge on any atom is 0.245 e. The fourth-order valence-corrected chi connectivity index (χ4v) is 4.92. The maximum atomic E-state index is 13.3. The highest BCUT2D eigenvalue weighted by Crippen LogP contribution is 2.27. The van der Waals surface area contributed by atoms with E-state index in [0.29, 0.717) is 32.3 Å². The molecule has 240 valence electrons. The summed E-state index contributed by atoms with van der Waals surface area (Å²) in [5, 5.41) is 8.86. The van der Waals surface area contributed by atoms with E-state index in [-0.39, 0.29) is 30.8 Å². The zero-order valence-electron chi connectivity index (χ0n) is 26.7. The van der Waals surface area contributed by atoms with Crippen LogP contribution < -0.4 is 15.4 Å². The molecule has 0 radical (unpaired) electrons. The third-order valence-electron chi connectivity index (χ3n) is 7.17. The third kappa shape index (κ3) is 10.8. The van der Waals surface area contributed by atoms with E-state index in [2.05, 4.69) is 36.3 Å². The Hall–Kier alpha value is -4.22. The number of ether oxygens (including phenoxy) is 1. The average molecular weight is 609 g/mol. The maximum absolute atomic E-state index is 13.3. The van der Waals surface area contributed by atoms with Gasteiger partial charge in [0.15, 0.2) is 0 Å². The topological polar surface area (TPSA) is 115 Å². The normalized spacial score (nSPS) is 17.8. The van der Waals surface area contributed by atoms with Crippen molar-refractivity contribution in [3.8, 4) is 5.75 Å². The number of benzene rings is 2. The number of amides is 4. The number of carbonyl (C=O) groups is 4. The summed E-state index contributed by atoms with van der Waals surface area (Å²) >= 11 is 0. The van der Waals surface area contributed by atoms with E-state index < -0.39 is 12.2 Å². The van der Waals surface area contributed by atoms with Crippen LogP contribution in [0.5, 0.6) is 5.75 Å². The van der Waals surface area contributed by atoms with Crippen molar-refractivity contribution in [1.29, 1.82) is 0 Å². The molecule has 4 rings (SSSR count). The van der Waals surface area contributed by atoms with Crippen molar-refractivity contribution in [3.05, 3.63) is 78.4 Å². The SMILES string of the molecule is C=CCC.CC(=O)NCCC[C@H]1C(=O)N(Cc2ccccc2)CC2N1C(=O)CN(C)N2C=O.CNCc1ccc(OC)cc1. The van der Waals surface area contributed by atoms with E-state index in [4.69, 9.17) is 4.74 Å². The number of carbonyl (C=O) groups excluding carboxylic acids is 4. The van der Waals surface area contributed by atoms with Gasteiger partial charge in [-0.1, -0.05) is 55.5 Å². The van der Waals surface area contributed by atoms with Gasteiger partial charge in [-0.15, -0.1) is 6.58 Å². The molecule has 0 spiro atoms. The monoisotopic (exact) mass is 608 g/mol. The predicted octanol–water partition coefficient (Wildman–Crippen LogP) is 2.78. The van der Waals surface area contributed by atoms with E-state index in [1.54, 1.807) is 29.0 Å². The van der Waals surface area contributed by atoms with Crippen LogP contribution in [0.15, 0.2) is 67.3 Å². The summed E-state index contributed by atoms with van der Waals surface area (Å²) in [6.45, 7) is 9.03. The number of methoxy groups -OCH3 is 1. The van der Waals surface area contributed by atoms with Crippen molar-refractivity contribution in [2.45, 2.75) is 58.4 Å². The lowest BCUT2D eigenvalue weighted by Crippen LogP contribution is -2.73. The van der Waals surface area contributed by atoms with E-state index >= 15 is 0 Å². The van der Waals surface area contributed by atoms with Crippen LogP contribution in [-0.4, -0.2) is 97.0 Å². The molecule has 2 atom stereocenters. The lowest BCUT2D eigenvalue weighted by atomic mass is 10.0. The van der Waals surface area contributed by atoms with Gasteiger partial charge < -0.3 is 25.2 Å². The van der Waals surface area contributed by atoms with Crippen LogP contribution in [0.1, 0.15) is 44.2 Å². The van der Waals surface area contributed by atoms with Crippen LogP contribution in [0.2, 0.25) is 0 Å². The molecule has 2 fully saturated rings. The first-order chi connectivity index (χ1) is 21.2. The number of nitrogens with one attached hydrogen (secondary N) is 2. The first-order valence-corrected chi connectivity index (χ1v) is 14.9. The second kappa shape index (κ2) is 19.1. The Balaban J connectivity index is 0.000000371. The highest BCUT2D eigenvalue weighted by molar-refractivity contribution is 5.90. The van der Waals surface area contributed by atoms with Crippen molar-refractivity contribution in [1.82, 2.24) is 30.5 Å². The van der Waals surface area contributed by atoms with Gasteiger partial charge in [0.2, 0.25) is 24.1 Å². The van der Waals surface area contributed by atoms with Gasteiger partial charge in [0.05, 0.1) is 20.2 Å². The highest BCUT2D eigenvalue weighted by atomic mass is 16.5. The molecule has 2 aromatic rings. The summed E-state index contributed by atoms with van der Waals surface area (Å²) in [7, 11) is 5.30. The van der Waals surface area contributed by atoms with E-state index in [1.807, 2.05) is 55.6 Å². The molecule has 0 saturated carbocycles. The Morgan fingerprint density at radius 2 is 1.75 bits per heavy atom. The summed E-state index contributed by atoms with van der Waals surface area (Å²) in [6.07, 6.45) is 4.10. The van der Waals surface area contributed by atoms with Crippen molar-refractivity contribution in [2.24, 2.45) is 0 Å². The molecule has 44 heavy (non-hydrogen) atoms. The summed E-state index contributed by atoms with van der Waals surface area (Å²) < 4.78 is 5.03. The molecular weight excluding hydrogens is 560 g/mol. The fraction of sp³-hybridized carbons (Fsp3) is 0.455. The Morgan fingerprint density at radius 3 is 2.30 bits per heavy atom. The second-order valence-electron chi connectivity index (χ2n) is 10.5. The summed E-state index contributed by atoms with van der Waals surface area (Å²) in [4.78, 5) is 52.1. The van der Waals surface area contributed by atoms with Crippen molar-refractivity contribution < 1.29 is 23.9 Å². The minimum Gasteiger partial charge on any atom is -0.497 e. The molecule has 2 aromatic carbocycles. The quantitative estimate of drug-likeness (QED) is 0.229. The first kappa shape index (κ1) is 36.0. The minimum atomic E-state index is -0.658. The van der Waals surface area contributed by atoms with Crippen LogP contribution in [-0.2, 0) is 32.3 Å². The van der Waals surface area contributed by atoms with E-state index in [1.165, 1.54) is 17.5 Å². The minimum absolute atomic E-state index is 0.0450. The Labute approximate surface area is 261 Å². The first-order valence-electron chi connectivity index (χ1n) is 14.9. The zero-order chi connectivity index (χ0) is 32.5. The molecule has 11 heteroatoms. The van der Waals surface area contributed by atoms with E-state index in [9.17, 15) is 19.2 Å². The predicted molar refractivity (Wildman–Crippen MR) is 171 cm³/mol. The summed E-state index contributed by atoms with van der Waals surface area (Å²) in [5.74, 6) is 0.473. The fourth-order valence-electron chi connectivity index (χ4n) is 4.92. The summed E-state index contributed by atoms with van der Waals surface area (Å²) in [5.41, 5.74) is 2.26. The molecule has 0 bridgehead atoms. The number of piperazine rings is 1. The van der Waals surface area contributed by atoms with Crippen LogP contribution in [0.25, 0.3) is 0 Å². The molecule has 0 aliphatic carbocycles. The number of hydrogen-bond acceptors (Lipinski definition) is 7. The zero-order valence-corrected chi connectivity index (χ0v) is 26.7. The number of hydrogen-bond donors (Lipinski definition) is 2. The van der Waals surface area contributed by atoms with E-state index in [0.717, 1.165) is 24.3 Å². The Morgan fingerprint density at radius 1 is 1.09 bits per heavy atom. The number of hydrazine groups is 1. The largest absolute Gasteiger partial charge is 0.497 e. The number of allylic oxidation sites excluding steroid dienone is 1. The lowest BCUT2D eigenvalue weighted by Gasteiger charge is -2.53. The van der Waals surface area contributed by atoms with Gasteiger partial charge in [0.25, 0.3) is 0 Å². The van der Waals surface area contributed by atoms with Crippen LogP contribution >= 0.6 is 0 Å². The van der Waals surface area contributed by atoms with Gasteiger partial charge in [-0.25, -0.2) is 5.01 Å².